The minimum absolute atomic E-state index is 0.00510. The number of hydrogen-bond acceptors (Lipinski definition) is 3. The largest absolute Gasteiger partial charge is 0.327 e. The number of nitrogens with zero attached hydrogens (tertiary/aromatic N) is 2. The lowest BCUT2D eigenvalue weighted by atomic mass is 9.87. The van der Waals surface area contributed by atoms with Crippen molar-refractivity contribution in [2.75, 3.05) is 4.90 Å². The van der Waals surface area contributed by atoms with E-state index in [-0.39, 0.29) is 36.1 Å². The minimum atomic E-state index is -0.675. The van der Waals surface area contributed by atoms with Gasteiger partial charge >= 0.3 is 0 Å². The molecule has 0 N–H and O–H groups in total. The zero-order valence-electron chi connectivity index (χ0n) is 17.5. The van der Waals surface area contributed by atoms with Gasteiger partial charge in [0, 0.05) is 17.0 Å². The molecule has 2 aliphatic carbocycles. The molecule has 1 unspecified atom stereocenters. The second-order valence-corrected chi connectivity index (χ2v) is 9.43. The SMILES string of the molecule is O=C1CC(N(C(=O)C2CCCCC2)C2CCCCCC2)C(=O)N1c1ccc(Cl)cc1. The van der Waals surface area contributed by atoms with E-state index < -0.39 is 6.04 Å². The minimum Gasteiger partial charge on any atom is -0.327 e. The molecule has 3 fully saturated rings. The highest BCUT2D eigenvalue weighted by Gasteiger charge is 2.47. The highest BCUT2D eigenvalue weighted by atomic mass is 35.5. The Morgan fingerprint density at radius 1 is 0.867 bits per heavy atom. The van der Waals surface area contributed by atoms with Gasteiger partial charge < -0.3 is 4.90 Å². The molecule has 0 bridgehead atoms. The third kappa shape index (κ3) is 4.41. The molecule has 1 saturated heterocycles. The molecular weight excluding hydrogens is 400 g/mol. The van der Waals surface area contributed by atoms with Gasteiger partial charge in [-0.2, -0.15) is 0 Å². The summed E-state index contributed by atoms with van der Waals surface area (Å²) in [6.07, 6.45) is 11.6. The van der Waals surface area contributed by atoms with Crippen molar-refractivity contribution in [3.05, 3.63) is 29.3 Å². The molecular formula is C24H31ClN2O3. The van der Waals surface area contributed by atoms with Crippen LogP contribution in [-0.2, 0) is 14.4 Å². The van der Waals surface area contributed by atoms with Crippen LogP contribution in [0.3, 0.4) is 0 Å². The fourth-order valence-corrected chi connectivity index (χ4v) is 5.51. The molecule has 0 aromatic heterocycles. The summed E-state index contributed by atoms with van der Waals surface area (Å²) in [5, 5.41) is 0.557. The molecule has 0 radical (unpaired) electrons. The van der Waals surface area contributed by atoms with Gasteiger partial charge in [-0.3, -0.25) is 14.4 Å². The van der Waals surface area contributed by atoms with Crippen LogP contribution in [-0.4, -0.2) is 34.7 Å². The maximum atomic E-state index is 13.7. The van der Waals surface area contributed by atoms with Crippen molar-refractivity contribution in [1.29, 1.82) is 0 Å². The summed E-state index contributed by atoms with van der Waals surface area (Å²) in [7, 11) is 0. The Hall–Kier alpha value is -1.88. The second-order valence-electron chi connectivity index (χ2n) is 8.99. The van der Waals surface area contributed by atoms with Crippen LogP contribution in [0, 0.1) is 5.92 Å². The third-order valence-electron chi connectivity index (χ3n) is 6.97. The molecule has 5 nitrogen and oxygen atoms in total. The molecule has 1 aromatic rings. The molecule has 30 heavy (non-hydrogen) atoms. The van der Waals surface area contributed by atoms with E-state index in [9.17, 15) is 14.4 Å². The van der Waals surface area contributed by atoms with Crippen molar-refractivity contribution in [3.8, 4) is 0 Å². The summed E-state index contributed by atoms with van der Waals surface area (Å²) in [5.74, 6) is -0.404. The van der Waals surface area contributed by atoms with Gasteiger partial charge in [0.15, 0.2) is 0 Å². The lowest BCUT2D eigenvalue weighted by Crippen LogP contribution is -2.52. The van der Waals surface area contributed by atoms with E-state index in [1.54, 1.807) is 24.3 Å². The van der Waals surface area contributed by atoms with E-state index in [1.165, 1.54) is 24.2 Å². The number of hydrogen-bond donors (Lipinski definition) is 0. The Kier molecular flexibility index (Phi) is 6.77. The van der Waals surface area contributed by atoms with Crippen molar-refractivity contribution in [1.82, 2.24) is 4.90 Å². The third-order valence-corrected chi connectivity index (χ3v) is 7.22. The highest BCUT2D eigenvalue weighted by Crippen LogP contribution is 2.34. The standard InChI is InChI=1S/C24H31ClN2O3/c25-18-12-14-20(15-13-18)27-22(28)16-21(24(27)30)26(19-10-6-1-2-7-11-19)23(29)17-8-4-3-5-9-17/h12-15,17,19,21H,1-11,16H2. The molecule has 3 amide bonds. The van der Waals surface area contributed by atoms with Crippen LogP contribution < -0.4 is 4.90 Å². The summed E-state index contributed by atoms with van der Waals surface area (Å²) in [5.41, 5.74) is 0.530. The Bertz CT molecular complexity index is 780. The molecule has 6 heteroatoms. The summed E-state index contributed by atoms with van der Waals surface area (Å²) in [4.78, 5) is 43.1. The van der Waals surface area contributed by atoms with E-state index in [4.69, 9.17) is 11.6 Å². The smallest absolute Gasteiger partial charge is 0.257 e. The Balaban J connectivity index is 1.62. The molecule has 4 rings (SSSR count). The summed E-state index contributed by atoms with van der Waals surface area (Å²) in [6, 6.07) is 6.14. The average molecular weight is 431 g/mol. The van der Waals surface area contributed by atoms with Crippen LogP contribution in [0.15, 0.2) is 24.3 Å². The van der Waals surface area contributed by atoms with E-state index in [1.807, 2.05) is 4.90 Å². The fraction of sp³-hybridized carbons (Fsp3) is 0.625. The summed E-state index contributed by atoms with van der Waals surface area (Å²) < 4.78 is 0. The van der Waals surface area contributed by atoms with Crippen LogP contribution in [0.1, 0.15) is 77.0 Å². The second kappa shape index (κ2) is 9.51. The Labute approximate surface area is 183 Å². The van der Waals surface area contributed by atoms with Crippen molar-refractivity contribution in [3.63, 3.8) is 0 Å². The zero-order valence-corrected chi connectivity index (χ0v) is 18.3. The van der Waals surface area contributed by atoms with E-state index in [0.717, 1.165) is 51.4 Å². The van der Waals surface area contributed by atoms with Crippen molar-refractivity contribution in [2.45, 2.75) is 89.1 Å². The van der Waals surface area contributed by atoms with Crippen molar-refractivity contribution < 1.29 is 14.4 Å². The van der Waals surface area contributed by atoms with E-state index in [2.05, 4.69) is 0 Å². The maximum Gasteiger partial charge on any atom is 0.257 e. The number of halogens is 1. The molecule has 0 spiro atoms. The highest BCUT2D eigenvalue weighted by molar-refractivity contribution is 6.30. The lowest BCUT2D eigenvalue weighted by molar-refractivity contribution is -0.146. The number of rotatable bonds is 4. The van der Waals surface area contributed by atoms with Gasteiger partial charge in [0.1, 0.15) is 6.04 Å². The first-order valence-corrected chi connectivity index (χ1v) is 11.9. The van der Waals surface area contributed by atoms with Crippen molar-refractivity contribution >= 4 is 35.0 Å². The molecule has 1 aliphatic heterocycles. The van der Waals surface area contributed by atoms with Gasteiger partial charge in [-0.05, 0) is 49.9 Å². The van der Waals surface area contributed by atoms with Crippen molar-refractivity contribution in [2.24, 2.45) is 5.92 Å². The average Bonchev–Trinajstić information content (AvgIpc) is 2.93. The number of benzene rings is 1. The lowest BCUT2D eigenvalue weighted by Gasteiger charge is -2.38. The first kappa shape index (κ1) is 21.4. The van der Waals surface area contributed by atoms with Gasteiger partial charge in [0.2, 0.25) is 11.8 Å². The number of anilines is 1. The van der Waals surface area contributed by atoms with Crippen LogP contribution >= 0.6 is 11.6 Å². The van der Waals surface area contributed by atoms with Crippen LogP contribution in [0.2, 0.25) is 5.02 Å². The number of carbonyl (C=O) groups excluding carboxylic acids is 3. The predicted molar refractivity (Wildman–Crippen MR) is 117 cm³/mol. The number of carbonyl (C=O) groups is 3. The molecule has 162 valence electrons. The van der Waals surface area contributed by atoms with Gasteiger partial charge in [-0.25, -0.2) is 4.90 Å². The first-order valence-electron chi connectivity index (χ1n) is 11.5. The summed E-state index contributed by atoms with van der Waals surface area (Å²) in [6.45, 7) is 0. The van der Waals surface area contributed by atoms with E-state index in [0.29, 0.717) is 10.7 Å². The zero-order chi connectivity index (χ0) is 21.1. The van der Waals surface area contributed by atoms with E-state index >= 15 is 0 Å². The van der Waals surface area contributed by atoms with Crippen LogP contribution in [0.4, 0.5) is 5.69 Å². The van der Waals surface area contributed by atoms with Gasteiger partial charge in [0.05, 0.1) is 12.1 Å². The quantitative estimate of drug-likeness (QED) is 0.493. The first-order chi connectivity index (χ1) is 14.6. The Morgan fingerprint density at radius 2 is 1.43 bits per heavy atom. The number of amides is 3. The molecule has 2 saturated carbocycles. The van der Waals surface area contributed by atoms with Gasteiger partial charge in [0.25, 0.3) is 5.91 Å². The van der Waals surface area contributed by atoms with Crippen LogP contribution in [0.25, 0.3) is 0 Å². The van der Waals surface area contributed by atoms with Gasteiger partial charge in [-0.15, -0.1) is 0 Å². The number of imide groups is 1. The summed E-state index contributed by atoms with van der Waals surface area (Å²) >= 11 is 5.97. The molecule has 1 heterocycles. The predicted octanol–water partition coefficient (Wildman–Crippen LogP) is 5.10. The topological polar surface area (TPSA) is 57.7 Å². The van der Waals surface area contributed by atoms with Crippen LogP contribution in [0.5, 0.6) is 0 Å². The molecule has 1 aromatic carbocycles. The normalized spacial score (nSPS) is 24.2. The maximum absolute atomic E-state index is 13.7. The molecule has 1 atom stereocenters. The Morgan fingerprint density at radius 3 is 2.07 bits per heavy atom. The fourth-order valence-electron chi connectivity index (χ4n) is 5.38. The van der Waals surface area contributed by atoms with Gasteiger partial charge in [-0.1, -0.05) is 56.5 Å². The monoisotopic (exact) mass is 430 g/mol. The molecule has 3 aliphatic rings.